The van der Waals surface area contributed by atoms with Crippen LogP contribution in [0, 0.1) is 0 Å². The Labute approximate surface area is 121 Å². The fraction of sp³-hybridized carbons (Fsp3) is 0. The third-order valence-electron chi connectivity index (χ3n) is 2.64. The Morgan fingerprint density at radius 1 is 1.24 bits per heavy atom. The van der Waals surface area contributed by atoms with Crippen molar-refractivity contribution in [3.05, 3.63) is 48.3 Å². The van der Waals surface area contributed by atoms with E-state index in [0.29, 0.717) is 11.4 Å². The summed E-state index contributed by atoms with van der Waals surface area (Å²) >= 11 is 0. The van der Waals surface area contributed by atoms with Gasteiger partial charge in [-0.15, -0.1) is 0 Å². The first-order valence-electron chi connectivity index (χ1n) is 5.76. The second kappa shape index (κ2) is 5.87. The van der Waals surface area contributed by atoms with E-state index < -0.39 is 15.9 Å². The summed E-state index contributed by atoms with van der Waals surface area (Å²) in [6.45, 7) is 0. The molecule has 0 aliphatic heterocycles. The number of primary sulfonamides is 1. The number of hydrazine groups is 1. The Morgan fingerprint density at radius 3 is 2.67 bits per heavy atom. The number of carbonyl (C=O) groups is 1. The molecule has 0 saturated heterocycles. The molecule has 21 heavy (non-hydrogen) atoms. The van der Waals surface area contributed by atoms with E-state index in [-0.39, 0.29) is 10.5 Å². The number of anilines is 2. The number of rotatable bonds is 4. The molecule has 6 N–H and O–H groups in total. The highest BCUT2D eigenvalue weighted by molar-refractivity contribution is 7.89. The van der Waals surface area contributed by atoms with Crippen molar-refractivity contribution in [1.29, 1.82) is 0 Å². The Bertz CT molecular complexity index is 776. The molecule has 8 nitrogen and oxygen atoms in total. The van der Waals surface area contributed by atoms with Gasteiger partial charge in [0.15, 0.2) is 0 Å². The Balaban J connectivity index is 2.28. The summed E-state index contributed by atoms with van der Waals surface area (Å²) in [5.74, 6) is 4.83. The van der Waals surface area contributed by atoms with E-state index in [4.69, 9.17) is 11.0 Å². The molecule has 0 aliphatic rings. The quantitative estimate of drug-likeness (QED) is 0.472. The van der Waals surface area contributed by atoms with Gasteiger partial charge in [0.1, 0.15) is 0 Å². The Hall–Kier alpha value is -2.49. The summed E-state index contributed by atoms with van der Waals surface area (Å²) in [6, 6.07) is 7.15. The molecule has 2 aromatic rings. The number of carbonyl (C=O) groups excluding carboxylic acids is 1. The van der Waals surface area contributed by atoms with Crippen molar-refractivity contribution in [3.8, 4) is 0 Å². The van der Waals surface area contributed by atoms with Crippen LogP contribution in [0.1, 0.15) is 10.4 Å². The van der Waals surface area contributed by atoms with Gasteiger partial charge in [0.05, 0.1) is 16.1 Å². The smallest absolute Gasteiger partial charge is 0.259 e. The van der Waals surface area contributed by atoms with E-state index in [0.717, 1.165) is 0 Å². The average molecular weight is 307 g/mol. The molecule has 0 saturated carbocycles. The maximum Gasteiger partial charge on any atom is 0.259 e. The van der Waals surface area contributed by atoms with E-state index in [2.05, 4.69) is 15.7 Å². The largest absolute Gasteiger partial charge is 0.323 e. The number of benzene rings is 1. The number of hydrogen-bond acceptors (Lipinski definition) is 6. The number of amides is 1. The lowest BCUT2D eigenvalue weighted by Crippen LogP contribution is -2.18. The molecule has 0 atom stereocenters. The molecule has 1 aromatic heterocycles. The predicted molar refractivity (Wildman–Crippen MR) is 77.8 cm³/mol. The summed E-state index contributed by atoms with van der Waals surface area (Å²) in [5.41, 5.74) is 3.29. The molecule has 1 aromatic carbocycles. The fourth-order valence-corrected chi connectivity index (χ4v) is 2.21. The molecule has 0 unspecified atom stereocenters. The molecule has 0 radical (unpaired) electrons. The van der Waals surface area contributed by atoms with Crippen LogP contribution in [0.2, 0.25) is 0 Å². The molecule has 1 amide bonds. The van der Waals surface area contributed by atoms with Crippen LogP contribution >= 0.6 is 0 Å². The number of sulfonamides is 1. The van der Waals surface area contributed by atoms with Crippen LogP contribution in [0.3, 0.4) is 0 Å². The van der Waals surface area contributed by atoms with Gasteiger partial charge >= 0.3 is 0 Å². The van der Waals surface area contributed by atoms with Gasteiger partial charge in [-0.3, -0.25) is 15.6 Å². The van der Waals surface area contributed by atoms with Crippen LogP contribution < -0.4 is 21.7 Å². The first-order valence-corrected chi connectivity index (χ1v) is 7.31. The van der Waals surface area contributed by atoms with Crippen molar-refractivity contribution >= 4 is 27.3 Å². The van der Waals surface area contributed by atoms with Crippen LogP contribution in [0.15, 0.2) is 47.6 Å². The van der Waals surface area contributed by atoms with Crippen molar-refractivity contribution in [3.63, 3.8) is 0 Å². The minimum Gasteiger partial charge on any atom is -0.323 e. The lowest BCUT2D eigenvalue weighted by molar-refractivity contribution is 0.102. The number of nitrogens with zero attached hydrogens (tertiary/aromatic N) is 1. The molecule has 0 spiro atoms. The Morgan fingerprint density at radius 2 is 2.00 bits per heavy atom. The highest BCUT2D eigenvalue weighted by Gasteiger charge is 2.13. The topological polar surface area (TPSA) is 140 Å². The van der Waals surface area contributed by atoms with Crippen molar-refractivity contribution in [2.24, 2.45) is 11.0 Å². The standard InChI is InChI=1S/C12H13N5O3S/c13-17-11-4-5-15-7-10(11)12(18)16-8-2-1-3-9(6-8)21(14,19)20/h1-7H,13H2,(H,15,17)(H,16,18)(H2,14,19,20). The van der Waals surface area contributed by atoms with Gasteiger partial charge in [-0.05, 0) is 24.3 Å². The molecular formula is C12H13N5O3S. The zero-order valence-electron chi connectivity index (χ0n) is 10.8. The second-order valence-corrected chi connectivity index (χ2v) is 5.65. The van der Waals surface area contributed by atoms with Crippen LogP contribution in [-0.4, -0.2) is 19.3 Å². The molecule has 2 rings (SSSR count). The zero-order chi connectivity index (χ0) is 15.5. The van der Waals surface area contributed by atoms with Gasteiger partial charge in [-0.2, -0.15) is 0 Å². The van der Waals surface area contributed by atoms with E-state index in [9.17, 15) is 13.2 Å². The highest BCUT2D eigenvalue weighted by atomic mass is 32.2. The highest BCUT2D eigenvalue weighted by Crippen LogP contribution is 2.17. The lowest BCUT2D eigenvalue weighted by Gasteiger charge is -2.09. The maximum absolute atomic E-state index is 12.1. The predicted octanol–water partition coefficient (Wildman–Crippen LogP) is 0.267. The minimum atomic E-state index is -3.83. The summed E-state index contributed by atoms with van der Waals surface area (Å²) in [4.78, 5) is 15.9. The van der Waals surface area contributed by atoms with Gasteiger partial charge in [0, 0.05) is 18.1 Å². The SMILES string of the molecule is NNc1ccncc1C(=O)Nc1cccc(S(N)(=O)=O)c1. The van der Waals surface area contributed by atoms with Crippen molar-refractivity contribution in [2.75, 3.05) is 10.7 Å². The van der Waals surface area contributed by atoms with Crippen LogP contribution in [0.25, 0.3) is 0 Å². The molecule has 9 heteroatoms. The maximum atomic E-state index is 12.1. The average Bonchev–Trinajstić information content (AvgIpc) is 2.46. The lowest BCUT2D eigenvalue weighted by atomic mass is 10.2. The number of nitrogen functional groups attached to an aromatic ring is 1. The van der Waals surface area contributed by atoms with Crippen molar-refractivity contribution in [1.82, 2.24) is 4.98 Å². The summed E-state index contributed by atoms with van der Waals surface area (Å²) < 4.78 is 22.5. The molecule has 0 bridgehead atoms. The molecule has 0 aliphatic carbocycles. The first kappa shape index (κ1) is 14.9. The summed E-state index contributed by atoms with van der Waals surface area (Å²) in [7, 11) is -3.83. The molecular weight excluding hydrogens is 294 g/mol. The number of hydrogen-bond donors (Lipinski definition) is 4. The van der Waals surface area contributed by atoms with Gasteiger partial charge < -0.3 is 10.7 Å². The Kier molecular flexibility index (Phi) is 4.17. The van der Waals surface area contributed by atoms with Crippen LogP contribution in [0.4, 0.5) is 11.4 Å². The number of nitrogens with two attached hydrogens (primary N) is 2. The first-order chi connectivity index (χ1) is 9.91. The van der Waals surface area contributed by atoms with Crippen molar-refractivity contribution < 1.29 is 13.2 Å². The van der Waals surface area contributed by atoms with Crippen LogP contribution in [-0.2, 0) is 10.0 Å². The third-order valence-corrected chi connectivity index (χ3v) is 3.55. The molecule has 0 fully saturated rings. The second-order valence-electron chi connectivity index (χ2n) is 4.09. The van der Waals surface area contributed by atoms with Gasteiger partial charge in [-0.25, -0.2) is 13.6 Å². The normalized spacial score (nSPS) is 11.0. The van der Waals surface area contributed by atoms with E-state index in [1.807, 2.05) is 0 Å². The summed E-state index contributed by atoms with van der Waals surface area (Å²) in [6.07, 6.45) is 2.82. The van der Waals surface area contributed by atoms with Gasteiger partial charge in [0.2, 0.25) is 10.0 Å². The third kappa shape index (κ3) is 3.54. The number of nitrogens with one attached hydrogen (secondary N) is 2. The van der Waals surface area contributed by atoms with Gasteiger partial charge in [0.25, 0.3) is 5.91 Å². The monoisotopic (exact) mass is 307 g/mol. The van der Waals surface area contributed by atoms with Crippen molar-refractivity contribution in [2.45, 2.75) is 4.90 Å². The van der Waals surface area contributed by atoms with Crippen LogP contribution in [0.5, 0.6) is 0 Å². The number of pyridine rings is 1. The molecule has 110 valence electrons. The fourth-order valence-electron chi connectivity index (χ4n) is 1.65. The van der Waals surface area contributed by atoms with E-state index in [1.165, 1.54) is 36.7 Å². The van der Waals surface area contributed by atoms with E-state index in [1.54, 1.807) is 6.07 Å². The zero-order valence-corrected chi connectivity index (χ0v) is 11.6. The van der Waals surface area contributed by atoms with E-state index >= 15 is 0 Å². The number of aromatic nitrogens is 1. The minimum absolute atomic E-state index is 0.0938. The van der Waals surface area contributed by atoms with Gasteiger partial charge in [-0.1, -0.05) is 6.07 Å². The molecule has 1 heterocycles. The summed E-state index contributed by atoms with van der Waals surface area (Å²) in [5, 5.41) is 7.59.